The standard InChI is InChI=1S/C22H34N6O3/c1-23-22(25-7-4-9-27-10-8-24-17-27)26-16-19(28-11-13-31-14-12-28)18-5-6-20(29-2)21(15-18)30-3/h5-6,8,10,15,17,19H,4,7,9,11-14,16H2,1-3H3,(H2,23,25,26). The highest BCUT2D eigenvalue weighted by atomic mass is 16.5. The molecule has 2 heterocycles. The lowest BCUT2D eigenvalue weighted by molar-refractivity contribution is 0.0169. The van der Waals surface area contributed by atoms with Crippen molar-refractivity contribution in [3.05, 3.63) is 42.5 Å². The third kappa shape index (κ3) is 6.60. The lowest BCUT2D eigenvalue weighted by Gasteiger charge is -2.35. The minimum Gasteiger partial charge on any atom is -0.493 e. The maximum atomic E-state index is 5.56. The molecule has 0 radical (unpaired) electrons. The zero-order valence-corrected chi connectivity index (χ0v) is 18.7. The van der Waals surface area contributed by atoms with Gasteiger partial charge >= 0.3 is 0 Å². The molecule has 0 bridgehead atoms. The molecule has 2 aromatic rings. The largest absolute Gasteiger partial charge is 0.493 e. The van der Waals surface area contributed by atoms with Crippen LogP contribution in [-0.2, 0) is 11.3 Å². The third-order valence-electron chi connectivity index (χ3n) is 5.41. The van der Waals surface area contributed by atoms with Gasteiger partial charge in [0.25, 0.3) is 0 Å². The average molecular weight is 431 g/mol. The number of imidazole rings is 1. The van der Waals surface area contributed by atoms with E-state index in [2.05, 4.69) is 42.2 Å². The molecule has 170 valence electrons. The summed E-state index contributed by atoms with van der Waals surface area (Å²) in [5, 5.41) is 6.89. The van der Waals surface area contributed by atoms with Crippen LogP contribution in [0, 0.1) is 0 Å². The monoisotopic (exact) mass is 430 g/mol. The van der Waals surface area contributed by atoms with Crippen LogP contribution in [0.4, 0.5) is 0 Å². The zero-order valence-electron chi connectivity index (χ0n) is 18.7. The molecule has 1 saturated heterocycles. The molecule has 1 aliphatic heterocycles. The molecule has 31 heavy (non-hydrogen) atoms. The summed E-state index contributed by atoms with van der Waals surface area (Å²) in [5.41, 5.74) is 1.17. The van der Waals surface area contributed by atoms with Crippen LogP contribution in [-0.4, -0.2) is 81.1 Å². The molecule has 0 saturated carbocycles. The fourth-order valence-corrected chi connectivity index (χ4v) is 3.71. The maximum Gasteiger partial charge on any atom is 0.191 e. The Labute approximate surface area is 184 Å². The van der Waals surface area contributed by atoms with Crippen LogP contribution >= 0.6 is 0 Å². The molecule has 1 aromatic carbocycles. The van der Waals surface area contributed by atoms with Gasteiger partial charge in [0.2, 0.25) is 0 Å². The Kier molecular flexibility index (Phi) is 8.99. The van der Waals surface area contributed by atoms with Crippen LogP contribution in [0.2, 0.25) is 0 Å². The van der Waals surface area contributed by atoms with Crippen LogP contribution in [0.1, 0.15) is 18.0 Å². The summed E-state index contributed by atoms with van der Waals surface area (Å²) in [4.78, 5) is 10.9. The lowest BCUT2D eigenvalue weighted by atomic mass is 10.0. The molecule has 9 nitrogen and oxygen atoms in total. The Morgan fingerprint density at radius 3 is 2.68 bits per heavy atom. The van der Waals surface area contributed by atoms with E-state index in [4.69, 9.17) is 14.2 Å². The van der Waals surface area contributed by atoms with Gasteiger partial charge in [-0.15, -0.1) is 0 Å². The number of aliphatic imine (C=N–C) groups is 1. The fourth-order valence-electron chi connectivity index (χ4n) is 3.71. The Morgan fingerprint density at radius 1 is 1.19 bits per heavy atom. The normalized spacial score (nSPS) is 16.0. The molecule has 1 aliphatic rings. The number of aromatic nitrogens is 2. The number of rotatable bonds is 10. The number of nitrogens with zero attached hydrogens (tertiary/aromatic N) is 4. The quantitative estimate of drug-likeness (QED) is 0.336. The van der Waals surface area contributed by atoms with Gasteiger partial charge in [0.1, 0.15) is 0 Å². The van der Waals surface area contributed by atoms with Crippen LogP contribution in [0.15, 0.2) is 41.9 Å². The second-order valence-corrected chi connectivity index (χ2v) is 7.31. The summed E-state index contributed by atoms with van der Waals surface area (Å²) >= 11 is 0. The molecule has 0 spiro atoms. The van der Waals surface area contributed by atoms with Crippen molar-refractivity contribution in [2.45, 2.75) is 19.0 Å². The van der Waals surface area contributed by atoms with Crippen molar-refractivity contribution in [2.24, 2.45) is 4.99 Å². The van der Waals surface area contributed by atoms with Crippen molar-refractivity contribution < 1.29 is 14.2 Å². The molecule has 0 amide bonds. The topological polar surface area (TPSA) is 85.2 Å². The minimum absolute atomic E-state index is 0.160. The summed E-state index contributed by atoms with van der Waals surface area (Å²) in [6.07, 6.45) is 6.60. The molecule has 1 unspecified atom stereocenters. The number of hydrogen-bond acceptors (Lipinski definition) is 6. The average Bonchev–Trinajstić information content (AvgIpc) is 3.34. The van der Waals surface area contributed by atoms with Crippen LogP contribution < -0.4 is 20.1 Å². The Morgan fingerprint density at radius 2 is 2.00 bits per heavy atom. The second kappa shape index (κ2) is 12.2. The van der Waals surface area contributed by atoms with E-state index in [1.54, 1.807) is 27.5 Å². The molecule has 1 aromatic heterocycles. The molecule has 9 heteroatoms. The lowest BCUT2D eigenvalue weighted by Crippen LogP contribution is -2.46. The number of methoxy groups -OCH3 is 2. The smallest absolute Gasteiger partial charge is 0.191 e. The third-order valence-corrected chi connectivity index (χ3v) is 5.41. The number of ether oxygens (including phenoxy) is 3. The van der Waals surface area contributed by atoms with Crippen molar-refractivity contribution in [3.8, 4) is 11.5 Å². The number of aryl methyl sites for hydroxylation is 1. The van der Waals surface area contributed by atoms with E-state index in [9.17, 15) is 0 Å². The maximum absolute atomic E-state index is 5.56. The van der Waals surface area contributed by atoms with Gasteiger partial charge < -0.3 is 29.4 Å². The van der Waals surface area contributed by atoms with Crippen molar-refractivity contribution >= 4 is 5.96 Å². The van der Waals surface area contributed by atoms with Crippen LogP contribution in [0.5, 0.6) is 11.5 Å². The molecule has 3 rings (SSSR count). The first kappa shape index (κ1) is 22.9. The van der Waals surface area contributed by atoms with E-state index < -0.39 is 0 Å². The van der Waals surface area contributed by atoms with E-state index in [1.807, 2.05) is 18.6 Å². The number of guanidine groups is 1. The highest BCUT2D eigenvalue weighted by Gasteiger charge is 2.24. The van der Waals surface area contributed by atoms with Gasteiger partial charge in [0.05, 0.1) is 39.8 Å². The van der Waals surface area contributed by atoms with Gasteiger partial charge in [-0.05, 0) is 24.1 Å². The minimum atomic E-state index is 0.160. The van der Waals surface area contributed by atoms with Gasteiger partial charge in [-0.3, -0.25) is 9.89 Å². The Balaban J connectivity index is 1.61. The SMILES string of the molecule is CN=C(NCCCn1ccnc1)NCC(c1ccc(OC)c(OC)c1)N1CCOCC1. The summed E-state index contributed by atoms with van der Waals surface area (Å²) < 4.78 is 18.6. The molecule has 1 atom stereocenters. The number of morpholine rings is 1. The van der Waals surface area contributed by atoms with Crippen LogP contribution in [0.3, 0.4) is 0 Å². The Hall–Kier alpha value is -2.78. The summed E-state index contributed by atoms with van der Waals surface area (Å²) in [5.74, 6) is 2.26. The first-order valence-electron chi connectivity index (χ1n) is 10.7. The van der Waals surface area contributed by atoms with Gasteiger partial charge in [-0.25, -0.2) is 4.98 Å². The Bertz CT molecular complexity index is 806. The second-order valence-electron chi connectivity index (χ2n) is 7.31. The first-order chi connectivity index (χ1) is 15.2. The number of benzene rings is 1. The van der Waals surface area contributed by atoms with Gasteiger partial charge in [-0.2, -0.15) is 0 Å². The predicted molar refractivity (Wildman–Crippen MR) is 121 cm³/mol. The van der Waals surface area contributed by atoms with E-state index in [-0.39, 0.29) is 6.04 Å². The first-order valence-corrected chi connectivity index (χ1v) is 10.7. The predicted octanol–water partition coefficient (Wildman–Crippen LogP) is 1.53. The van der Waals surface area contributed by atoms with Crippen molar-refractivity contribution in [3.63, 3.8) is 0 Å². The molecular formula is C22H34N6O3. The van der Waals surface area contributed by atoms with Gasteiger partial charge in [-0.1, -0.05) is 6.07 Å². The zero-order chi connectivity index (χ0) is 21.9. The van der Waals surface area contributed by atoms with Crippen LogP contribution in [0.25, 0.3) is 0 Å². The number of hydrogen-bond donors (Lipinski definition) is 2. The molecule has 0 aliphatic carbocycles. The molecule has 1 fully saturated rings. The summed E-state index contributed by atoms with van der Waals surface area (Å²) in [7, 11) is 5.12. The fraction of sp³-hybridized carbons (Fsp3) is 0.545. The highest BCUT2D eigenvalue weighted by Crippen LogP contribution is 2.32. The molecule has 2 N–H and O–H groups in total. The number of nitrogens with one attached hydrogen (secondary N) is 2. The molecular weight excluding hydrogens is 396 g/mol. The van der Waals surface area contributed by atoms with Crippen molar-refractivity contribution in [1.82, 2.24) is 25.1 Å². The highest BCUT2D eigenvalue weighted by molar-refractivity contribution is 5.79. The summed E-state index contributed by atoms with van der Waals surface area (Å²) in [6, 6.07) is 6.28. The van der Waals surface area contributed by atoms with E-state index >= 15 is 0 Å². The summed E-state index contributed by atoms with van der Waals surface area (Å²) in [6.45, 7) is 5.73. The van der Waals surface area contributed by atoms with E-state index in [1.165, 1.54) is 5.56 Å². The van der Waals surface area contributed by atoms with Crippen molar-refractivity contribution in [1.29, 1.82) is 0 Å². The van der Waals surface area contributed by atoms with Crippen molar-refractivity contribution in [2.75, 3.05) is 60.7 Å². The van der Waals surface area contributed by atoms with Gasteiger partial charge in [0.15, 0.2) is 17.5 Å². The van der Waals surface area contributed by atoms with E-state index in [0.717, 1.165) is 69.8 Å². The van der Waals surface area contributed by atoms with E-state index in [0.29, 0.717) is 0 Å². The van der Waals surface area contributed by atoms with Gasteiger partial charge in [0, 0.05) is 52.2 Å².